The lowest BCUT2D eigenvalue weighted by molar-refractivity contribution is -0.119. The Labute approximate surface area is 269 Å². The SMILES string of the molecule is COc1ccc(-c2cnc(SCC(=O)N[C@@H]3CCC[C@H]3N(CCCc3ccc(Cl)cc3)C(=O)OC(C)(C)C)nc2)cc1OC. The molecule has 1 aliphatic rings. The minimum absolute atomic E-state index is 0.121. The number of benzene rings is 2. The molecular weight excluding hydrogens is 600 g/mol. The van der Waals surface area contributed by atoms with Crippen LogP contribution < -0.4 is 14.8 Å². The molecule has 1 aliphatic carbocycles. The van der Waals surface area contributed by atoms with Crippen molar-refractivity contribution in [2.24, 2.45) is 0 Å². The molecule has 4 rings (SSSR count). The molecule has 0 aliphatic heterocycles. The molecule has 3 aromatic rings. The topological polar surface area (TPSA) is 103 Å². The quantitative estimate of drug-likeness (QED) is 0.170. The van der Waals surface area contributed by atoms with Gasteiger partial charge >= 0.3 is 6.09 Å². The van der Waals surface area contributed by atoms with Crippen LogP contribution in [0.5, 0.6) is 11.5 Å². The van der Waals surface area contributed by atoms with Gasteiger partial charge in [-0.25, -0.2) is 14.8 Å². The molecule has 2 aromatic carbocycles. The van der Waals surface area contributed by atoms with Crippen molar-refractivity contribution in [2.75, 3.05) is 26.5 Å². The maximum absolute atomic E-state index is 13.3. The molecule has 1 heterocycles. The van der Waals surface area contributed by atoms with Crippen molar-refractivity contribution in [1.29, 1.82) is 0 Å². The van der Waals surface area contributed by atoms with Crippen molar-refractivity contribution in [2.45, 2.75) is 75.7 Å². The van der Waals surface area contributed by atoms with E-state index < -0.39 is 5.60 Å². The van der Waals surface area contributed by atoms with Gasteiger partial charge in [0.25, 0.3) is 0 Å². The first kappa shape index (κ1) is 33.4. The lowest BCUT2D eigenvalue weighted by Gasteiger charge is -2.35. The zero-order valence-electron chi connectivity index (χ0n) is 26.0. The normalized spacial score (nSPS) is 16.3. The molecule has 0 bridgehead atoms. The molecule has 1 N–H and O–H groups in total. The van der Waals surface area contributed by atoms with Crippen LogP contribution in [-0.4, -0.2) is 71.1 Å². The fourth-order valence-electron chi connectivity index (χ4n) is 5.23. The first-order chi connectivity index (χ1) is 21.1. The summed E-state index contributed by atoms with van der Waals surface area (Å²) < 4.78 is 16.5. The van der Waals surface area contributed by atoms with E-state index in [2.05, 4.69) is 15.3 Å². The van der Waals surface area contributed by atoms with Gasteiger partial charge in [-0.1, -0.05) is 41.6 Å². The summed E-state index contributed by atoms with van der Waals surface area (Å²) in [6, 6.07) is 13.1. The van der Waals surface area contributed by atoms with E-state index in [4.69, 9.17) is 25.8 Å². The van der Waals surface area contributed by atoms with Crippen molar-refractivity contribution < 1.29 is 23.8 Å². The van der Waals surface area contributed by atoms with E-state index in [0.717, 1.165) is 48.8 Å². The molecule has 0 unspecified atom stereocenters. The highest BCUT2D eigenvalue weighted by atomic mass is 35.5. The van der Waals surface area contributed by atoms with Crippen LogP contribution in [-0.2, 0) is 16.0 Å². The van der Waals surface area contributed by atoms with Crippen LogP contribution in [0.1, 0.15) is 52.0 Å². The number of halogens is 1. The van der Waals surface area contributed by atoms with Crippen LogP contribution in [0.4, 0.5) is 4.79 Å². The van der Waals surface area contributed by atoms with E-state index >= 15 is 0 Å². The van der Waals surface area contributed by atoms with Gasteiger partial charge < -0.3 is 24.4 Å². The molecule has 2 atom stereocenters. The Kier molecular flexibility index (Phi) is 11.7. The number of nitrogens with zero attached hydrogens (tertiary/aromatic N) is 3. The molecule has 0 saturated heterocycles. The van der Waals surface area contributed by atoms with Crippen LogP contribution >= 0.6 is 23.4 Å². The third-order valence-corrected chi connectivity index (χ3v) is 8.44. The van der Waals surface area contributed by atoms with Crippen molar-refractivity contribution in [3.8, 4) is 22.6 Å². The van der Waals surface area contributed by atoms with E-state index in [1.807, 2.05) is 68.1 Å². The number of ether oxygens (including phenoxy) is 3. The van der Waals surface area contributed by atoms with Crippen molar-refractivity contribution >= 4 is 35.4 Å². The summed E-state index contributed by atoms with van der Waals surface area (Å²) in [6.45, 7) is 6.13. The van der Waals surface area contributed by atoms with Crippen LogP contribution in [0.15, 0.2) is 60.0 Å². The van der Waals surface area contributed by atoms with Gasteiger partial charge in [0.1, 0.15) is 5.60 Å². The van der Waals surface area contributed by atoms with Crippen LogP contribution in [0, 0.1) is 0 Å². The van der Waals surface area contributed by atoms with Crippen molar-refractivity contribution in [3.63, 3.8) is 0 Å². The summed E-state index contributed by atoms with van der Waals surface area (Å²) in [7, 11) is 3.19. The third-order valence-electron chi connectivity index (χ3n) is 7.31. The standard InChI is InChI=1S/C33H41ClN4O5S/c1-33(2,3)43-32(40)38(17-7-8-22-11-14-25(34)15-12-22)27-10-6-9-26(27)37-30(39)21-44-31-35-19-24(20-36-31)23-13-16-28(41-4)29(18-23)42-5/h11-16,18-20,26-27H,6-10,17,21H2,1-5H3,(H,37,39)/t26-,27-/m1/s1. The Balaban J connectivity index is 1.34. The highest BCUT2D eigenvalue weighted by Crippen LogP contribution is 2.32. The minimum Gasteiger partial charge on any atom is -0.493 e. The predicted molar refractivity (Wildman–Crippen MR) is 174 cm³/mol. The second-order valence-corrected chi connectivity index (χ2v) is 13.1. The number of hydrogen-bond acceptors (Lipinski definition) is 8. The molecular formula is C33H41ClN4O5S. The molecule has 0 spiro atoms. The summed E-state index contributed by atoms with van der Waals surface area (Å²) in [4.78, 5) is 37.0. The molecule has 9 nitrogen and oxygen atoms in total. The van der Waals surface area contributed by atoms with Crippen molar-refractivity contribution in [1.82, 2.24) is 20.2 Å². The summed E-state index contributed by atoms with van der Waals surface area (Å²) in [5.74, 6) is 1.32. The highest BCUT2D eigenvalue weighted by Gasteiger charge is 2.37. The van der Waals surface area contributed by atoms with Crippen LogP contribution in [0.25, 0.3) is 11.1 Å². The van der Waals surface area contributed by atoms with Gasteiger partial charge in [-0.2, -0.15) is 0 Å². The monoisotopic (exact) mass is 640 g/mol. The number of nitrogens with one attached hydrogen (secondary N) is 1. The minimum atomic E-state index is -0.617. The van der Waals surface area contributed by atoms with E-state index in [9.17, 15) is 9.59 Å². The van der Waals surface area contributed by atoms with Gasteiger partial charge in [0.15, 0.2) is 16.7 Å². The predicted octanol–water partition coefficient (Wildman–Crippen LogP) is 6.81. The van der Waals surface area contributed by atoms with Crippen LogP contribution in [0.3, 0.4) is 0 Å². The van der Waals surface area contributed by atoms with Gasteiger partial charge in [-0.3, -0.25) is 4.79 Å². The number of carbonyl (C=O) groups is 2. The van der Waals surface area contributed by atoms with Crippen molar-refractivity contribution in [3.05, 3.63) is 65.4 Å². The second kappa shape index (κ2) is 15.5. The molecule has 44 heavy (non-hydrogen) atoms. The molecule has 2 amide bonds. The van der Waals surface area contributed by atoms with E-state index in [1.165, 1.54) is 11.8 Å². The first-order valence-corrected chi connectivity index (χ1v) is 16.1. The average Bonchev–Trinajstić information content (AvgIpc) is 3.45. The van der Waals surface area contributed by atoms with Crippen LogP contribution in [0.2, 0.25) is 5.02 Å². The largest absolute Gasteiger partial charge is 0.493 e. The summed E-state index contributed by atoms with van der Waals surface area (Å²) in [5.41, 5.74) is 2.26. The molecule has 0 radical (unpaired) electrons. The Hall–Kier alpha value is -3.50. The molecule has 1 fully saturated rings. The van der Waals surface area contributed by atoms with E-state index in [1.54, 1.807) is 26.6 Å². The van der Waals surface area contributed by atoms with Gasteiger partial charge in [-0.15, -0.1) is 0 Å². The maximum atomic E-state index is 13.3. The summed E-state index contributed by atoms with van der Waals surface area (Å²) >= 11 is 7.30. The number of amides is 2. The number of aromatic nitrogens is 2. The third kappa shape index (κ3) is 9.50. The Morgan fingerprint density at radius 2 is 1.70 bits per heavy atom. The number of carbonyl (C=O) groups excluding carboxylic acids is 2. The van der Waals surface area contributed by atoms with Gasteiger partial charge in [0.05, 0.1) is 26.0 Å². The zero-order valence-corrected chi connectivity index (χ0v) is 27.5. The average molecular weight is 641 g/mol. The maximum Gasteiger partial charge on any atom is 0.410 e. The fraction of sp³-hybridized carbons (Fsp3) is 0.455. The lowest BCUT2D eigenvalue weighted by atomic mass is 10.1. The smallest absolute Gasteiger partial charge is 0.410 e. The molecule has 236 valence electrons. The number of hydrogen-bond donors (Lipinski definition) is 1. The molecule has 11 heteroatoms. The fourth-order valence-corrected chi connectivity index (χ4v) is 5.96. The van der Waals surface area contributed by atoms with Gasteiger partial charge in [0, 0.05) is 35.6 Å². The Morgan fingerprint density at radius 1 is 1.00 bits per heavy atom. The Bertz CT molecular complexity index is 1400. The number of rotatable bonds is 12. The molecule has 1 aromatic heterocycles. The number of methoxy groups -OCH3 is 2. The van der Waals surface area contributed by atoms with Gasteiger partial charge in [0.2, 0.25) is 5.91 Å². The van der Waals surface area contributed by atoms with Gasteiger partial charge in [-0.05, 0) is 88.3 Å². The highest BCUT2D eigenvalue weighted by molar-refractivity contribution is 7.99. The summed E-state index contributed by atoms with van der Waals surface area (Å²) in [6.07, 6.45) is 7.20. The molecule has 1 saturated carbocycles. The van der Waals surface area contributed by atoms with E-state index in [-0.39, 0.29) is 29.8 Å². The second-order valence-electron chi connectivity index (χ2n) is 11.7. The zero-order chi connectivity index (χ0) is 31.7. The number of thioether (sulfide) groups is 1. The first-order valence-electron chi connectivity index (χ1n) is 14.8. The van der Waals surface area contributed by atoms with E-state index in [0.29, 0.717) is 28.2 Å². The summed E-state index contributed by atoms with van der Waals surface area (Å²) in [5, 5.41) is 4.37. The Morgan fingerprint density at radius 3 is 2.36 bits per heavy atom. The lowest BCUT2D eigenvalue weighted by Crippen LogP contribution is -2.52. The number of aryl methyl sites for hydroxylation is 1.